The van der Waals surface area contributed by atoms with Crippen molar-refractivity contribution in [3.8, 4) is 0 Å². The van der Waals surface area contributed by atoms with Gasteiger partial charge in [0, 0.05) is 22.4 Å². The van der Waals surface area contributed by atoms with Gasteiger partial charge in [-0.25, -0.2) is 0 Å². The molecule has 0 saturated carbocycles. The minimum absolute atomic E-state index is 0.211. The maximum absolute atomic E-state index is 12.8. The predicted octanol–water partition coefficient (Wildman–Crippen LogP) is 3.73. The van der Waals surface area contributed by atoms with Crippen LogP contribution in [0, 0.1) is 0 Å². The van der Waals surface area contributed by atoms with Crippen molar-refractivity contribution in [1.29, 1.82) is 0 Å². The van der Waals surface area contributed by atoms with Gasteiger partial charge in [0.2, 0.25) is 0 Å². The van der Waals surface area contributed by atoms with E-state index in [0.717, 1.165) is 0 Å². The van der Waals surface area contributed by atoms with Crippen molar-refractivity contribution in [2.75, 3.05) is 5.73 Å². The third-order valence-electron chi connectivity index (χ3n) is 3.64. The molecule has 0 amide bonds. The highest BCUT2D eigenvalue weighted by molar-refractivity contribution is 6.21. The lowest BCUT2D eigenvalue weighted by molar-refractivity contribution is 0.100. The van der Waals surface area contributed by atoms with E-state index in [9.17, 15) is 9.59 Å². The fourth-order valence-corrected chi connectivity index (χ4v) is 2.49. The fraction of sp³-hybridized carbons (Fsp3) is 0. The second kappa shape index (κ2) is 6.28. The molecule has 3 rings (SSSR count). The summed E-state index contributed by atoms with van der Waals surface area (Å²) in [5.41, 5.74) is 7.92. The van der Waals surface area contributed by atoms with Gasteiger partial charge >= 0.3 is 0 Å². The molecule has 0 saturated heterocycles. The summed E-state index contributed by atoms with van der Waals surface area (Å²) in [5.74, 6) is -0.458. The van der Waals surface area contributed by atoms with Crippen LogP contribution in [0.4, 0.5) is 5.69 Å². The van der Waals surface area contributed by atoms with Gasteiger partial charge in [0.1, 0.15) is 0 Å². The maximum Gasteiger partial charge on any atom is 0.195 e. The summed E-state index contributed by atoms with van der Waals surface area (Å²) in [5, 5.41) is 0. The van der Waals surface area contributed by atoms with E-state index in [2.05, 4.69) is 0 Å². The third-order valence-corrected chi connectivity index (χ3v) is 3.64. The summed E-state index contributed by atoms with van der Waals surface area (Å²) in [6.45, 7) is 0. The molecule has 0 spiro atoms. The molecule has 0 aliphatic rings. The van der Waals surface area contributed by atoms with Crippen molar-refractivity contribution < 1.29 is 9.59 Å². The molecule has 0 aliphatic carbocycles. The molecule has 3 heteroatoms. The molecule has 3 aromatic rings. The molecule has 2 N–H and O–H groups in total. The van der Waals surface area contributed by atoms with Crippen molar-refractivity contribution in [3.05, 3.63) is 101 Å². The largest absolute Gasteiger partial charge is 0.398 e. The van der Waals surface area contributed by atoms with Crippen LogP contribution in [0.3, 0.4) is 0 Å². The summed E-state index contributed by atoms with van der Waals surface area (Å²) in [6.07, 6.45) is 0. The van der Waals surface area contributed by atoms with E-state index in [4.69, 9.17) is 5.73 Å². The molecule has 3 nitrogen and oxygen atoms in total. The van der Waals surface area contributed by atoms with E-state index in [1.807, 2.05) is 12.1 Å². The van der Waals surface area contributed by atoms with Crippen LogP contribution in [0.2, 0.25) is 0 Å². The Kier molecular flexibility index (Phi) is 4.02. The Labute approximate surface area is 134 Å². The molecule has 0 unspecified atom stereocenters. The molecule has 0 aliphatic heterocycles. The number of carbonyl (C=O) groups is 2. The average Bonchev–Trinajstić information content (AvgIpc) is 2.62. The van der Waals surface area contributed by atoms with Gasteiger partial charge in [-0.05, 0) is 6.07 Å². The van der Waals surface area contributed by atoms with Crippen LogP contribution < -0.4 is 5.73 Å². The van der Waals surface area contributed by atoms with Gasteiger partial charge in [0.15, 0.2) is 11.6 Å². The highest BCUT2D eigenvalue weighted by atomic mass is 16.1. The van der Waals surface area contributed by atoms with Crippen LogP contribution in [-0.2, 0) is 0 Å². The van der Waals surface area contributed by atoms with Crippen LogP contribution in [-0.4, -0.2) is 11.6 Å². The second-order valence-corrected chi connectivity index (χ2v) is 5.16. The van der Waals surface area contributed by atoms with Gasteiger partial charge in [0.25, 0.3) is 0 Å². The average molecular weight is 301 g/mol. The summed E-state index contributed by atoms with van der Waals surface area (Å²) in [6, 6.07) is 22.7. The SMILES string of the molecule is Nc1cccc(C(=O)c2ccccc2)c1C(=O)c1ccccc1. The van der Waals surface area contributed by atoms with Crippen molar-refractivity contribution in [2.45, 2.75) is 0 Å². The Hall–Kier alpha value is -3.20. The minimum atomic E-state index is -0.247. The maximum atomic E-state index is 12.8. The van der Waals surface area contributed by atoms with Gasteiger partial charge in [-0.2, -0.15) is 0 Å². The molecule has 0 fully saturated rings. The molecule has 23 heavy (non-hydrogen) atoms. The van der Waals surface area contributed by atoms with Crippen molar-refractivity contribution in [2.24, 2.45) is 0 Å². The van der Waals surface area contributed by atoms with E-state index in [1.165, 1.54) is 0 Å². The summed E-state index contributed by atoms with van der Waals surface area (Å²) >= 11 is 0. The molecule has 3 aromatic carbocycles. The Morgan fingerprint density at radius 2 is 1.13 bits per heavy atom. The summed E-state index contributed by atoms with van der Waals surface area (Å²) in [4.78, 5) is 25.5. The zero-order chi connectivity index (χ0) is 16.2. The van der Waals surface area contributed by atoms with Gasteiger partial charge < -0.3 is 5.73 Å². The molecular weight excluding hydrogens is 286 g/mol. The van der Waals surface area contributed by atoms with Gasteiger partial charge in [-0.3, -0.25) is 9.59 Å². The van der Waals surface area contributed by atoms with E-state index in [-0.39, 0.29) is 17.1 Å². The first-order valence-electron chi connectivity index (χ1n) is 7.26. The smallest absolute Gasteiger partial charge is 0.195 e. The summed E-state index contributed by atoms with van der Waals surface area (Å²) < 4.78 is 0. The fourth-order valence-electron chi connectivity index (χ4n) is 2.49. The first-order chi connectivity index (χ1) is 11.2. The van der Waals surface area contributed by atoms with Crippen molar-refractivity contribution >= 4 is 17.3 Å². The van der Waals surface area contributed by atoms with E-state index < -0.39 is 0 Å². The number of nitrogens with two attached hydrogens (primary N) is 1. The third kappa shape index (κ3) is 2.90. The number of ketones is 2. The van der Waals surface area contributed by atoms with Crippen LogP contribution in [0.1, 0.15) is 31.8 Å². The molecule has 0 radical (unpaired) electrons. The van der Waals surface area contributed by atoms with Crippen LogP contribution >= 0.6 is 0 Å². The van der Waals surface area contributed by atoms with Crippen molar-refractivity contribution in [1.82, 2.24) is 0 Å². The lowest BCUT2D eigenvalue weighted by atomic mass is 9.92. The minimum Gasteiger partial charge on any atom is -0.398 e. The van der Waals surface area contributed by atoms with Gasteiger partial charge in [0.05, 0.1) is 5.56 Å². The lowest BCUT2D eigenvalue weighted by Gasteiger charge is -2.11. The highest BCUT2D eigenvalue weighted by Gasteiger charge is 2.21. The number of nitrogen functional groups attached to an aromatic ring is 1. The quantitative estimate of drug-likeness (QED) is 0.590. The molecular formula is C20H15NO2. The number of rotatable bonds is 4. The number of anilines is 1. The number of hydrogen-bond donors (Lipinski definition) is 1. The number of hydrogen-bond acceptors (Lipinski definition) is 3. The topological polar surface area (TPSA) is 60.2 Å². The van der Waals surface area contributed by atoms with Crippen LogP contribution in [0.25, 0.3) is 0 Å². The number of carbonyl (C=O) groups excluding carboxylic acids is 2. The zero-order valence-electron chi connectivity index (χ0n) is 12.4. The zero-order valence-corrected chi connectivity index (χ0v) is 12.4. The van der Waals surface area contributed by atoms with Crippen LogP contribution in [0.15, 0.2) is 78.9 Å². The molecule has 0 aromatic heterocycles. The highest BCUT2D eigenvalue weighted by Crippen LogP contribution is 2.23. The van der Waals surface area contributed by atoms with E-state index in [1.54, 1.807) is 66.7 Å². The molecule has 112 valence electrons. The van der Waals surface area contributed by atoms with Gasteiger partial charge in [-0.15, -0.1) is 0 Å². The standard InChI is InChI=1S/C20H15NO2/c21-17-13-7-12-16(19(22)14-8-3-1-4-9-14)18(17)20(23)15-10-5-2-6-11-15/h1-13H,21H2. The Morgan fingerprint density at radius 1 is 0.609 bits per heavy atom. The second-order valence-electron chi connectivity index (χ2n) is 5.16. The first-order valence-corrected chi connectivity index (χ1v) is 7.26. The van der Waals surface area contributed by atoms with E-state index >= 15 is 0 Å². The molecule has 0 bridgehead atoms. The molecule has 0 atom stereocenters. The lowest BCUT2D eigenvalue weighted by Crippen LogP contribution is -2.13. The van der Waals surface area contributed by atoms with Crippen LogP contribution in [0.5, 0.6) is 0 Å². The molecule has 0 heterocycles. The monoisotopic (exact) mass is 301 g/mol. The first kappa shape index (κ1) is 14.7. The Morgan fingerprint density at radius 3 is 1.70 bits per heavy atom. The van der Waals surface area contributed by atoms with Crippen molar-refractivity contribution in [3.63, 3.8) is 0 Å². The Bertz CT molecular complexity index is 855. The summed E-state index contributed by atoms with van der Waals surface area (Å²) in [7, 11) is 0. The Balaban J connectivity index is 2.11. The normalized spacial score (nSPS) is 10.3. The van der Waals surface area contributed by atoms with Gasteiger partial charge in [-0.1, -0.05) is 72.8 Å². The van der Waals surface area contributed by atoms with E-state index in [0.29, 0.717) is 22.4 Å². The number of benzene rings is 3. The predicted molar refractivity (Wildman–Crippen MR) is 90.6 cm³/mol.